The van der Waals surface area contributed by atoms with Gasteiger partial charge >= 0.3 is 6.18 Å². The van der Waals surface area contributed by atoms with Gasteiger partial charge in [0.25, 0.3) is 0 Å². The Labute approximate surface area is 166 Å². The van der Waals surface area contributed by atoms with E-state index in [1.54, 1.807) is 12.1 Å². The van der Waals surface area contributed by atoms with Crippen molar-refractivity contribution in [2.45, 2.75) is 17.2 Å². The smallest absolute Gasteiger partial charge is 0.417 e. The number of benzene rings is 1. The lowest BCUT2D eigenvalue weighted by Crippen LogP contribution is -2.40. The second kappa shape index (κ2) is 8.56. The molecule has 0 spiro atoms. The maximum absolute atomic E-state index is 12.9. The molecule has 0 unspecified atom stereocenters. The predicted octanol–water partition coefficient (Wildman–Crippen LogP) is 2.58. The van der Waals surface area contributed by atoms with E-state index in [1.165, 1.54) is 23.5 Å². The van der Waals surface area contributed by atoms with Crippen molar-refractivity contribution in [3.05, 3.63) is 48.2 Å². The topological polar surface area (TPSA) is 78.0 Å². The second-order valence-corrected chi connectivity index (χ2v) is 8.17. The van der Waals surface area contributed by atoms with Crippen LogP contribution in [-0.4, -0.2) is 57.2 Å². The Balaban J connectivity index is 1.73. The van der Waals surface area contributed by atoms with Crippen molar-refractivity contribution in [2.75, 3.05) is 33.4 Å². The number of halogens is 3. The van der Waals surface area contributed by atoms with E-state index >= 15 is 0 Å². The number of sulfonamides is 1. The number of rotatable bonds is 5. The molecular weight excluding hydrogens is 413 g/mol. The number of hydrogen-bond donors (Lipinski definition) is 0. The van der Waals surface area contributed by atoms with Crippen molar-refractivity contribution in [1.82, 2.24) is 9.29 Å². The summed E-state index contributed by atoms with van der Waals surface area (Å²) in [6, 6.07) is 7.91. The molecule has 1 aliphatic heterocycles. The van der Waals surface area contributed by atoms with Crippen molar-refractivity contribution in [2.24, 2.45) is 0 Å². The SMILES string of the molecule is COc1ccc(S(=O)(=O)N2CCOC[C@H](Oc3ccc(C(F)(F)F)cn3)C2)cc1. The fourth-order valence-electron chi connectivity index (χ4n) is 2.73. The Hall–Kier alpha value is -2.37. The van der Waals surface area contributed by atoms with E-state index < -0.39 is 27.9 Å². The van der Waals surface area contributed by atoms with E-state index in [-0.39, 0.29) is 37.1 Å². The Morgan fingerprint density at radius 2 is 1.90 bits per heavy atom. The zero-order valence-electron chi connectivity index (χ0n) is 15.4. The number of aromatic nitrogens is 1. The highest BCUT2D eigenvalue weighted by molar-refractivity contribution is 7.89. The van der Waals surface area contributed by atoms with Crippen LogP contribution in [0.25, 0.3) is 0 Å². The third kappa shape index (κ3) is 5.17. The van der Waals surface area contributed by atoms with E-state index in [0.29, 0.717) is 11.9 Å². The lowest BCUT2D eigenvalue weighted by Gasteiger charge is -2.23. The highest BCUT2D eigenvalue weighted by Crippen LogP contribution is 2.29. The molecule has 11 heteroatoms. The maximum Gasteiger partial charge on any atom is 0.417 e. The van der Waals surface area contributed by atoms with Crippen molar-refractivity contribution in [1.29, 1.82) is 0 Å². The van der Waals surface area contributed by atoms with Crippen molar-refractivity contribution in [3.63, 3.8) is 0 Å². The van der Waals surface area contributed by atoms with Gasteiger partial charge in [-0.05, 0) is 30.3 Å². The molecule has 7 nitrogen and oxygen atoms in total. The van der Waals surface area contributed by atoms with Crippen LogP contribution in [0.3, 0.4) is 0 Å². The molecule has 0 amide bonds. The van der Waals surface area contributed by atoms with Crippen LogP contribution in [0, 0.1) is 0 Å². The molecule has 158 valence electrons. The summed E-state index contributed by atoms with van der Waals surface area (Å²) in [5.74, 6) is 0.480. The highest BCUT2D eigenvalue weighted by atomic mass is 32.2. The highest BCUT2D eigenvalue weighted by Gasteiger charge is 2.32. The molecule has 0 aliphatic carbocycles. The number of nitrogens with zero attached hydrogens (tertiary/aromatic N) is 2. The summed E-state index contributed by atoms with van der Waals surface area (Å²) in [5, 5.41) is 0. The molecule has 1 fully saturated rings. The summed E-state index contributed by atoms with van der Waals surface area (Å²) in [4.78, 5) is 3.74. The molecule has 0 N–H and O–H groups in total. The lowest BCUT2D eigenvalue weighted by molar-refractivity contribution is -0.137. The standard InChI is InChI=1S/C18H19F3N2O5S/c1-26-14-3-5-16(6-4-14)29(24,25)23-8-9-27-12-15(11-23)28-17-7-2-13(10-22-17)18(19,20)21/h2-7,10,15H,8-9,11-12H2,1H3/t15-/m1/s1. The molecule has 1 atom stereocenters. The molecule has 0 bridgehead atoms. The van der Waals surface area contributed by atoms with Gasteiger partial charge in [-0.15, -0.1) is 0 Å². The molecule has 1 aliphatic rings. The first kappa shape index (κ1) is 21.3. The molecule has 0 radical (unpaired) electrons. The first-order valence-electron chi connectivity index (χ1n) is 8.62. The van der Waals surface area contributed by atoms with Gasteiger partial charge in [0.15, 0.2) is 0 Å². The number of ether oxygens (including phenoxy) is 3. The minimum atomic E-state index is -4.50. The largest absolute Gasteiger partial charge is 0.497 e. The zero-order valence-corrected chi connectivity index (χ0v) is 16.2. The van der Waals surface area contributed by atoms with Crippen LogP contribution >= 0.6 is 0 Å². The molecule has 1 aromatic heterocycles. The molecular formula is C18H19F3N2O5S. The normalized spacial score (nSPS) is 18.8. The minimum Gasteiger partial charge on any atom is -0.497 e. The number of pyridine rings is 1. The summed E-state index contributed by atoms with van der Waals surface area (Å²) in [6.45, 7) is 0.332. The first-order valence-corrected chi connectivity index (χ1v) is 10.1. The third-order valence-electron chi connectivity index (χ3n) is 4.24. The molecule has 2 heterocycles. The monoisotopic (exact) mass is 432 g/mol. The van der Waals surface area contributed by atoms with Gasteiger partial charge in [-0.1, -0.05) is 0 Å². The van der Waals surface area contributed by atoms with Crippen molar-refractivity contribution >= 4 is 10.0 Å². The molecule has 3 rings (SSSR count). The quantitative estimate of drug-likeness (QED) is 0.723. The van der Waals surface area contributed by atoms with Crippen molar-refractivity contribution in [3.8, 4) is 11.6 Å². The van der Waals surface area contributed by atoms with Gasteiger partial charge in [-0.25, -0.2) is 13.4 Å². The van der Waals surface area contributed by atoms with Crippen LogP contribution in [0.2, 0.25) is 0 Å². The van der Waals surface area contributed by atoms with Gasteiger partial charge in [-0.2, -0.15) is 17.5 Å². The van der Waals surface area contributed by atoms with Crippen molar-refractivity contribution < 1.29 is 35.8 Å². The number of hydrogen-bond acceptors (Lipinski definition) is 6. The summed E-state index contributed by atoms with van der Waals surface area (Å²) in [7, 11) is -2.33. The Bertz CT molecular complexity index is 918. The van der Waals surface area contributed by atoms with Gasteiger partial charge in [0.05, 0.1) is 37.3 Å². The maximum atomic E-state index is 12.9. The average Bonchev–Trinajstić information content (AvgIpc) is 2.94. The van der Waals surface area contributed by atoms with E-state index in [9.17, 15) is 21.6 Å². The van der Waals surface area contributed by atoms with E-state index in [1.807, 2.05) is 0 Å². The molecule has 1 aromatic carbocycles. The lowest BCUT2D eigenvalue weighted by atomic mass is 10.3. The zero-order chi connectivity index (χ0) is 21.1. The molecule has 2 aromatic rings. The average molecular weight is 432 g/mol. The van der Waals surface area contributed by atoms with Crippen LogP contribution in [0.15, 0.2) is 47.5 Å². The van der Waals surface area contributed by atoms with Gasteiger partial charge < -0.3 is 14.2 Å². The number of alkyl halides is 3. The number of methoxy groups -OCH3 is 1. The Morgan fingerprint density at radius 1 is 1.17 bits per heavy atom. The third-order valence-corrected chi connectivity index (χ3v) is 6.12. The van der Waals surface area contributed by atoms with E-state index in [4.69, 9.17) is 14.2 Å². The predicted molar refractivity (Wildman–Crippen MR) is 96.2 cm³/mol. The van der Waals surface area contributed by atoms with E-state index in [2.05, 4.69) is 4.98 Å². The molecule has 29 heavy (non-hydrogen) atoms. The second-order valence-electron chi connectivity index (χ2n) is 6.24. The first-order chi connectivity index (χ1) is 13.7. The van der Waals surface area contributed by atoms with Crippen LogP contribution in [-0.2, 0) is 20.9 Å². The van der Waals surface area contributed by atoms with E-state index in [0.717, 1.165) is 12.1 Å². The fourth-order valence-corrected chi connectivity index (χ4v) is 4.18. The van der Waals surface area contributed by atoms with Crippen LogP contribution < -0.4 is 9.47 Å². The van der Waals surface area contributed by atoms with Gasteiger partial charge in [-0.3, -0.25) is 0 Å². The molecule has 0 saturated carbocycles. The van der Waals surface area contributed by atoms with Crippen LogP contribution in [0.4, 0.5) is 13.2 Å². The van der Waals surface area contributed by atoms with Crippen LogP contribution in [0.5, 0.6) is 11.6 Å². The Morgan fingerprint density at radius 3 is 2.48 bits per heavy atom. The minimum absolute atomic E-state index is 0.0307. The summed E-state index contributed by atoms with van der Waals surface area (Å²) in [5.41, 5.74) is -0.898. The summed E-state index contributed by atoms with van der Waals surface area (Å²) >= 11 is 0. The molecule has 1 saturated heterocycles. The van der Waals surface area contributed by atoms with Gasteiger partial charge in [0, 0.05) is 18.8 Å². The Kier molecular flexibility index (Phi) is 6.30. The van der Waals surface area contributed by atoms with Gasteiger partial charge in [0.2, 0.25) is 15.9 Å². The fraction of sp³-hybridized carbons (Fsp3) is 0.389. The van der Waals surface area contributed by atoms with Gasteiger partial charge in [0.1, 0.15) is 11.9 Å². The summed E-state index contributed by atoms with van der Waals surface area (Å²) in [6.07, 6.45) is -4.56. The van der Waals surface area contributed by atoms with Crippen LogP contribution in [0.1, 0.15) is 5.56 Å². The summed E-state index contributed by atoms with van der Waals surface area (Å²) < 4.78 is 81.0.